The second kappa shape index (κ2) is 11.5. The highest BCUT2D eigenvalue weighted by molar-refractivity contribution is 5.98. The van der Waals surface area contributed by atoms with Gasteiger partial charge in [0, 0.05) is 45.3 Å². The van der Waals surface area contributed by atoms with Crippen molar-refractivity contribution in [1.82, 2.24) is 20.1 Å². The van der Waals surface area contributed by atoms with Crippen molar-refractivity contribution in [2.45, 2.75) is 44.2 Å². The first-order valence-corrected chi connectivity index (χ1v) is 12.5. The van der Waals surface area contributed by atoms with Crippen LogP contribution in [0, 0.1) is 0 Å². The molecule has 11 nitrogen and oxygen atoms in total. The molecule has 0 saturated carbocycles. The summed E-state index contributed by atoms with van der Waals surface area (Å²) in [7, 11) is 1.38. The molecule has 0 aliphatic carbocycles. The number of fused-ring (bicyclic) bond motifs is 3. The van der Waals surface area contributed by atoms with Gasteiger partial charge in [0.05, 0.1) is 48.8 Å². The fraction of sp³-hybridized carbons (Fsp3) is 0.542. The molecule has 2 aliphatic rings. The van der Waals surface area contributed by atoms with E-state index in [1.54, 1.807) is 10.00 Å². The summed E-state index contributed by atoms with van der Waals surface area (Å²) in [6, 6.07) is -0.259. The first-order chi connectivity index (χ1) is 19.2. The summed E-state index contributed by atoms with van der Waals surface area (Å²) in [5.41, 5.74) is -4.21. The van der Waals surface area contributed by atoms with E-state index in [1.165, 1.54) is 18.9 Å². The van der Waals surface area contributed by atoms with Gasteiger partial charge in [0.2, 0.25) is 11.8 Å². The molecule has 0 spiro atoms. The van der Waals surface area contributed by atoms with Gasteiger partial charge in [0.1, 0.15) is 5.56 Å². The van der Waals surface area contributed by atoms with Crippen LogP contribution in [-0.2, 0) is 26.7 Å². The number of carbonyl (C=O) groups is 2. The third-order valence-corrected chi connectivity index (χ3v) is 6.80. The normalized spacial score (nSPS) is 18.5. The van der Waals surface area contributed by atoms with E-state index in [0.29, 0.717) is 0 Å². The number of hydrogen-bond donors (Lipinski definition) is 2. The zero-order valence-corrected chi connectivity index (χ0v) is 22.0. The van der Waals surface area contributed by atoms with E-state index in [-0.39, 0.29) is 63.1 Å². The number of rotatable bonds is 7. The molecule has 2 atom stereocenters. The lowest BCUT2D eigenvalue weighted by atomic mass is 10.1. The van der Waals surface area contributed by atoms with Crippen LogP contribution in [0.15, 0.2) is 23.3 Å². The maximum atomic E-state index is 13.2. The Balaban J connectivity index is 1.31. The molecule has 2 aromatic heterocycles. The molecule has 1 unspecified atom stereocenters. The topological polar surface area (TPSA) is 124 Å². The standard InChI is InChI=1S/C24H27F6N7O4/c1-13(33-16-10-32-34-22(40)20(16)24(28,29)30)12-41-6-3-18(38)36-4-5-37-15(11-36)8-19(39)35(2)17-7-14(23(25,26)27)9-31-21(17)37/h7,9-10,13,15H,3-6,8,11-12H2,1-2H3,(H2,33,34,40)/t13-,15?/m0/s1. The summed E-state index contributed by atoms with van der Waals surface area (Å²) in [5.74, 6) is -0.463. The predicted molar refractivity (Wildman–Crippen MR) is 133 cm³/mol. The van der Waals surface area contributed by atoms with Gasteiger partial charge in [0.25, 0.3) is 5.56 Å². The van der Waals surface area contributed by atoms with Gasteiger partial charge in [-0.2, -0.15) is 31.4 Å². The number of carbonyl (C=O) groups excluding carboxylic acids is 2. The highest BCUT2D eigenvalue weighted by atomic mass is 19.4. The van der Waals surface area contributed by atoms with Crippen LogP contribution in [0.1, 0.15) is 30.9 Å². The van der Waals surface area contributed by atoms with Crippen LogP contribution in [-0.4, -0.2) is 83.9 Å². The molecule has 1 fully saturated rings. The van der Waals surface area contributed by atoms with E-state index in [4.69, 9.17) is 4.74 Å². The minimum atomic E-state index is -4.89. The van der Waals surface area contributed by atoms with E-state index >= 15 is 0 Å². The van der Waals surface area contributed by atoms with Gasteiger partial charge in [0.15, 0.2) is 5.82 Å². The summed E-state index contributed by atoms with van der Waals surface area (Å²) in [5, 5.41) is 7.67. The maximum absolute atomic E-state index is 13.2. The SMILES string of the molecule is C[C@@H](COCCC(=O)N1CCN2c3ncc(C(F)(F)F)cc3N(C)C(=O)CC2C1)Nc1cn[nH]c(=O)c1C(F)(F)F. The molecule has 0 aromatic carbocycles. The third-order valence-electron chi connectivity index (χ3n) is 6.80. The zero-order valence-electron chi connectivity index (χ0n) is 22.0. The third kappa shape index (κ3) is 6.71. The van der Waals surface area contributed by atoms with Crippen molar-refractivity contribution in [3.8, 4) is 0 Å². The van der Waals surface area contributed by atoms with E-state index in [2.05, 4.69) is 15.4 Å². The number of H-pyrrole nitrogens is 1. The number of aromatic nitrogens is 3. The fourth-order valence-electron chi connectivity index (χ4n) is 4.75. The fourth-order valence-corrected chi connectivity index (χ4v) is 4.75. The van der Waals surface area contributed by atoms with Gasteiger partial charge in [-0.15, -0.1) is 0 Å². The zero-order chi connectivity index (χ0) is 30.1. The highest BCUT2D eigenvalue weighted by Crippen LogP contribution is 2.38. The van der Waals surface area contributed by atoms with Crippen molar-refractivity contribution >= 4 is 29.0 Å². The summed E-state index contributed by atoms with van der Waals surface area (Å²) < 4.78 is 84.7. The Morgan fingerprint density at radius 2 is 1.90 bits per heavy atom. The number of anilines is 3. The first kappa shape index (κ1) is 30.1. The van der Waals surface area contributed by atoms with Crippen molar-refractivity contribution in [2.75, 3.05) is 55.0 Å². The molecule has 224 valence electrons. The maximum Gasteiger partial charge on any atom is 0.423 e. The van der Waals surface area contributed by atoms with Crippen LogP contribution in [0.3, 0.4) is 0 Å². The van der Waals surface area contributed by atoms with Crippen molar-refractivity contribution in [3.05, 3.63) is 39.9 Å². The first-order valence-electron chi connectivity index (χ1n) is 12.5. The summed E-state index contributed by atoms with van der Waals surface area (Å²) in [6.45, 7) is 2.05. The second-order valence-corrected chi connectivity index (χ2v) is 9.76. The summed E-state index contributed by atoms with van der Waals surface area (Å²) >= 11 is 0. The predicted octanol–water partition coefficient (Wildman–Crippen LogP) is 2.49. The summed E-state index contributed by atoms with van der Waals surface area (Å²) in [6.07, 6.45) is -8.02. The molecule has 0 radical (unpaired) electrons. The molecule has 2 aliphatic heterocycles. The lowest BCUT2D eigenvalue weighted by Crippen LogP contribution is -2.55. The minimum absolute atomic E-state index is 0.0330. The number of piperazine rings is 1. The van der Waals surface area contributed by atoms with E-state index in [9.17, 15) is 40.7 Å². The van der Waals surface area contributed by atoms with Crippen molar-refractivity contribution in [2.24, 2.45) is 0 Å². The smallest absolute Gasteiger partial charge is 0.379 e. The lowest BCUT2D eigenvalue weighted by molar-refractivity contribution is -0.138. The average Bonchev–Trinajstić information content (AvgIpc) is 2.98. The average molecular weight is 592 g/mol. The van der Waals surface area contributed by atoms with E-state index < -0.39 is 52.7 Å². The molecule has 2 amide bonds. The van der Waals surface area contributed by atoms with Gasteiger partial charge in [-0.05, 0) is 13.0 Å². The molecule has 17 heteroatoms. The van der Waals surface area contributed by atoms with Gasteiger partial charge < -0.3 is 24.8 Å². The van der Waals surface area contributed by atoms with E-state index in [1.807, 2.05) is 0 Å². The number of alkyl halides is 6. The Hall–Kier alpha value is -3.89. The molecule has 2 aromatic rings. The van der Waals surface area contributed by atoms with Crippen LogP contribution >= 0.6 is 0 Å². The molecule has 4 rings (SSSR count). The van der Waals surface area contributed by atoms with Crippen molar-refractivity contribution in [1.29, 1.82) is 0 Å². The monoisotopic (exact) mass is 591 g/mol. The Morgan fingerprint density at radius 3 is 2.59 bits per heavy atom. The number of aromatic amines is 1. The highest BCUT2D eigenvalue weighted by Gasteiger charge is 2.40. The Labute approximate surface area is 229 Å². The number of hydrogen-bond acceptors (Lipinski definition) is 8. The summed E-state index contributed by atoms with van der Waals surface area (Å²) in [4.78, 5) is 45.6. The Morgan fingerprint density at radius 1 is 1.17 bits per heavy atom. The van der Waals surface area contributed by atoms with E-state index in [0.717, 1.165) is 23.4 Å². The van der Waals surface area contributed by atoms with Crippen LogP contribution < -0.4 is 20.7 Å². The van der Waals surface area contributed by atoms with Gasteiger partial charge in [-0.25, -0.2) is 10.1 Å². The Kier molecular flexibility index (Phi) is 8.46. The minimum Gasteiger partial charge on any atom is -0.379 e. The van der Waals surface area contributed by atoms with Gasteiger partial charge in [-0.1, -0.05) is 0 Å². The van der Waals surface area contributed by atoms with Crippen LogP contribution in [0.25, 0.3) is 0 Å². The number of amides is 2. The van der Waals surface area contributed by atoms with Crippen molar-refractivity contribution in [3.63, 3.8) is 0 Å². The quantitative estimate of drug-likeness (QED) is 0.372. The lowest BCUT2D eigenvalue weighted by Gasteiger charge is -2.41. The van der Waals surface area contributed by atoms with Crippen LogP contribution in [0.2, 0.25) is 0 Å². The molecule has 41 heavy (non-hydrogen) atoms. The molecule has 0 bridgehead atoms. The van der Waals surface area contributed by atoms with Crippen LogP contribution in [0.4, 0.5) is 43.5 Å². The molecular formula is C24H27F6N7O4. The number of pyridine rings is 1. The molecule has 2 N–H and O–H groups in total. The number of nitrogens with zero attached hydrogens (tertiary/aromatic N) is 5. The Bertz CT molecular complexity index is 1350. The number of nitrogens with one attached hydrogen (secondary N) is 2. The number of ether oxygens (including phenoxy) is 1. The van der Waals surface area contributed by atoms with Gasteiger partial charge in [-0.3, -0.25) is 14.4 Å². The molecule has 4 heterocycles. The largest absolute Gasteiger partial charge is 0.423 e. The van der Waals surface area contributed by atoms with Gasteiger partial charge >= 0.3 is 12.4 Å². The molecular weight excluding hydrogens is 564 g/mol. The van der Waals surface area contributed by atoms with Crippen molar-refractivity contribution < 1.29 is 40.7 Å². The molecule has 1 saturated heterocycles. The van der Waals surface area contributed by atoms with Crippen LogP contribution in [0.5, 0.6) is 0 Å². The number of halogens is 6. The second-order valence-electron chi connectivity index (χ2n) is 9.76.